The number of aromatic nitrogens is 2. The van der Waals surface area contributed by atoms with Gasteiger partial charge in [-0.05, 0) is 31.0 Å². The largest absolute Gasteiger partial charge is 0.345 e. The minimum absolute atomic E-state index is 0.0631. The number of carbonyl (C=O) groups excluding carboxylic acids is 2. The number of piperidine rings is 1. The third-order valence-electron chi connectivity index (χ3n) is 4.35. The molecule has 1 saturated heterocycles. The summed E-state index contributed by atoms with van der Waals surface area (Å²) in [6.45, 7) is 0.970. The molecule has 10 heteroatoms. The van der Waals surface area contributed by atoms with E-state index in [4.69, 9.17) is 0 Å². The lowest BCUT2D eigenvalue weighted by atomic mass is 10.2. The molecule has 0 bridgehead atoms. The summed E-state index contributed by atoms with van der Waals surface area (Å²) in [6.07, 6.45) is 5.55. The van der Waals surface area contributed by atoms with Crippen LogP contribution < -0.4 is 10.9 Å². The van der Waals surface area contributed by atoms with Crippen molar-refractivity contribution in [3.63, 3.8) is 0 Å². The fourth-order valence-electron chi connectivity index (χ4n) is 2.89. The first kappa shape index (κ1) is 19.1. The molecule has 0 aromatic carbocycles. The van der Waals surface area contributed by atoms with Crippen LogP contribution in [0.25, 0.3) is 0 Å². The third-order valence-corrected chi connectivity index (χ3v) is 6.22. The number of carbonyl (C=O) groups is 2. The highest BCUT2D eigenvalue weighted by molar-refractivity contribution is 7.89. The van der Waals surface area contributed by atoms with Crippen molar-refractivity contribution in [3.8, 4) is 0 Å². The molecule has 0 atom stereocenters. The Labute approximate surface area is 157 Å². The first-order valence-corrected chi connectivity index (χ1v) is 10.0. The van der Waals surface area contributed by atoms with E-state index < -0.39 is 21.8 Å². The fourth-order valence-corrected chi connectivity index (χ4v) is 4.48. The lowest BCUT2D eigenvalue weighted by molar-refractivity contribution is 0.0839. The molecule has 9 nitrogen and oxygen atoms in total. The van der Waals surface area contributed by atoms with Crippen LogP contribution in [-0.4, -0.2) is 47.2 Å². The van der Waals surface area contributed by atoms with Crippen molar-refractivity contribution in [2.24, 2.45) is 7.05 Å². The SMILES string of the molecule is Cn1cc(S(=O)(=O)N2CCCCC2)cc1C(=O)NNC(=O)c1ccccn1. The van der Waals surface area contributed by atoms with E-state index in [9.17, 15) is 18.0 Å². The average molecular weight is 391 g/mol. The van der Waals surface area contributed by atoms with E-state index in [0.29, 0.717) is 13.1 Å². The fraction of sp³-hybridized carbons (Fsp3) is 0.353. The number of hydrazine groups is 1. The maximum Gasteiger partial charge on any atom is 0.288 e. The molecule has 3 heterocycles. The summed E-state index contributed by atoms with van der Waals surface area (Å²) >= 11 is 0. The van der Waals surface area contributed by atoms with E-state index in [2.05, 4.69) is 15.8 Å². The molecule has 27 heavy (non-hydrogen) atoms. The van der Waals surface area contributed by atoms with Crippen molar-refractivity contribution in [2.75, 3.05) is 13.1 Å². The topological polar surface area (TPSA) is 113 Å². The molecule has 1 aliphatic heterocycles. The Morgan fingerprint density at radius 2 is 1.78 bits per heavy atom. The van der Waals surface area contributed by atoms with Gasteiger partial charge in [-0.2, -0.15) is 4.31 Å². The number of hydrogen-bond acceptors (Lipinski definition) is 5. The minimum atomic E-state index is -3.64. The maximum atomic E-state index is 12.7. The zero-order chi connectivity index (χ0) is 19.4. The molecule has 2 N–H and O–H groups in total. The van der Waals surface area contributed by atoms with Crippen molar-refractivity contribution < 1.29 is 18.0 Å². The highest BCUT2D eigenvalue weighted by Gasteiger charge is 2.28. The highest BCUT2D eigenvalue weighted by atomic mass is 32.2. The molecule has 3 rings (SSSR count). The Kier molecular flexibility index (Phi) is 5.57. The van der Waals surface area contributed by atoms with Gasteiger partial charge < -0.3 is 4.57 Å². The van der Waals surface area contributed by atoms with E-state index >= 15 is 0 Å². The zero-order valence-corrected chi connectivity index (χ0v) is 15.7. The van der Waals surface area contributed by atoms with Crippen molar-refractivity contribution in [3.05, 3.63) is 48.0 Å². The molecule has 0 aliphatic carbocycles. The number of nitrogens with one attached hydrogen (secondary N) is 2. The number of pyridine rings is 1. The van der Waals surface area contributed by atoms with Crippen molar-refractivity contribution >= 4 is 21.8 Å². The molecule has 1 fully saturated rings. The van der Waals surface area contributed by atoms with Crippen LogP contribution >= 0.6 is 0 Å². The Bertz CT molecular complexity index is 933. The standard InChI is InChI=1S/C17H21N5O4S/c1-21-12-13(27(25,26)22-9-5-2-6-10-22)11-15(21)17(24)20-19-16(23)14-7-3-4-8-18-14/h3-4,7-8,11-12H,2,5-6,9-10H2,1H3,(H,19,23)(H,20,24). The predicted octanol–water partition coefficient (Wildman–Crippen LogP) is 0.670. The van der Waals surface area contributed by atoms with Crippen LogP contribution in [0.2, 0.25) is 0 Å². The van der Waals surface area contributed by atoms with Gasteiger partial charge in [-0.15, -0.1) is 0 Å². The van der Waals surface area contributed by atoms with Gasteiger partial charge in [0.05, 0.1) is 0 Å². The average Bonchev–Trinajstić information content (AvgIpc) is 3.10. The first-order valence-electron chi connectivity index (χ1n) is 8.58. The molecule has 1 aliphatic rings. The van der Waals surface area contributed by atoms with Crippen LogP contribution in [0.4, 0.5) is 0 Å². The summed E-state index contributed by atoms with van der Waals surface area (Å²) in [4.78, 5) is 28.2. The van der Waals surface area contributed by atoms with Gasteiger partial charge in [0.25, 0.3) is 11.8 Å². The number of aryl methyl sites for hydroxylation is 1. The number of hydrogen-bond donors (Lipinski definition) is 2. The van der Waals surface area contributed by atoms with Crippen LogP contribution in [-0.2, 0) is 17.1 Å². The Balaban J connectivity index is 1.70. The second-order valence-electron chi connectivity index (χ2n) is 6.26. The number of amides is 2. The second-order valence-corrected chi connectivity index (χ2v) is 8.20. The van der Waals surface area contributed by atoms with Gasteiger partial charge in [0.1, 0.15) is 16.3 Å². The molecular formula is C17H21N5O4S. The van der Waals surface area contributed by atoms with Gasteiger partial charge in [0, 0.05) is 32.5 Å². The van der Waals surface area contributed by atoms with Crippen molar-refractivity contribution in [1.29, 1.82) is 0 Å². The van der Waals surface area contributed by atoms with Crippen LogP contribution in [0.15, 0.2) is 41.6 Å². The zero-order valence-electron chi connectivity index (χ0n) is 14.9. The number of sulfonamides is 1. The van der Waals surface area contributed by atoms with Gasteiger partial charge in [0.15, 0.2) is 0 Å². The van der Waals surface area contributed by atoms with Crippen LogP contribution in [0.3, 0.4) is 0 Å². The Hall–Kier alpha value is -2.72. The minimum Gasteiger partial charge on any atom is -0.345 e. The van der Waals surface area contributed by atoms with E-state index in [1.807, 2.05) is 0 Å². The van der Waals surface area contributed by atoms with E-state index in [1.54, 1.807) is 19.2 Å². The third kappa shape index (κ3) is 4.17. The normalized spacial score (nSPS) is 15.3. The summed E-state index contributed by atoms with van der Waals surface area (Å²) in [5.41, 5.74) is 4.80. The molecular weight excluding hydrogens is 370 g/mol. The number of nitrogens with zero attached hydrogens (tertiary/aromatic N) is 3. The smallest absolute Gasteiger partial charge is 0.288 e. The molecule has 0 radical (unpaired) electrons. The maximum absolute atomic E-state index is 12.7. The van der Waals surface area contributed by atoms with Gasteiger partial charge in [-0.25, -0.2) is 8.42 Å². The molecule has 0 spiro atoms. The molecule has 144 valence electrons. The van der Waals surface area contributed by atoms with Crippen molar-refractivity contribution in [1.82, 2.24) is 24.7 Å². The Morgan fingerprint density at radius 1 is 1.07 bits per heavy atom. The van der Waals surface area contributed by atoms with Crippen molar-refractivity contribution in [2.45, 2.75) is 24.2 Å². The summed E-state index contributed by atoms with van der Waals surface area (Å²) in [5.74, 6) is -1.19. The predicted molar refractivity (Wildman–Crippen MR) is 97.2 cm³/mol. The van der Waals surface area contributed by atoms with Crippen LogP contribution in [0, 0.1) is 0 Å². The molecule has 0 unspecified atom stereocenters. The van der Waals surface area contributed by atoms with Gasteiger partial charge in [0.2, 0.25) is 10.0 Å². The Morgan fingerprint density at radius 3 is 2.44 bits per heavy atom. The quantitative estimate of drug-likeness (QED) is 0.744. The monoisotopic (exact) mass is 391 g/mol. The number of rotatable bonds is 4. The van der Waals surface area contributed by atoms with Crippen LogP contribution in [0.5, 0.6) is 0 Å². The summed E-state index contributed by atoms with van der Waals surface area (Å²) in [6, 6.07) is 6.14. The molecule has 2 amide bonds. The summed E-state index contributed by atoms with van der Waals surface area (Å²) < 4.78 is 28.3. The van der Waals surface area contributed by atoms with E-state index in [-0.39, 0.29) is 16.3 Å². The second kappa shape index (κ2) is 7.89. The summed E-state index contributed by atoms with van der Waals surface area (Å²) in [5, 5.41) is 0. The van der Waals surface area contributed by atoms with Crippen LogP contribution in [0.1, 0.15) is 40.2 Å². The van der Waals surface area contributed by atoms with Gasteiger partial charge in [-0.3, -0.25) is 25.4 Å². The first-order chi connectivity index (χ1) is 12.9. The van der Waals surface area contributed by atoms with Gasteiger partial charge >= 0.3 is 0 Å². The molecule has 0 saturated carbocycles. The van der Waals surface area contributed by atoms with Gasteiger partial charge in [-0.1, -0.05) is 12.5 Å². The van der Waals surface area contributed by atoms with E-state index in [1.165, 1.54) is 33.4 Å². The highest BCUT2D eigenvalue weighted by Crippen LogP contribution is 2.22. The summed E-state index contributed by atoms with van der Waals surface area (Å²) in [7, 11) is -2.06. The lowest BCUT2D eigenvalue weighted by Crippen LogP contribution is -2.42. The lowest BCUT2D eigenvalue weighted by Gasteiger charge is -2.25. The molecule has 2 aromatic rings. The molecule has 2 aromatic heterocycles. The van der Waals surface area contributed by atoms with E-state index in [0.717, 1.165) is 19.3 Å².